The molecule has 1 rings (SSSR count). The van der Waals surface area contributed by atoms with Gasteiger partial charge in [-0.1, -0.05) is 12.8 Å². The molecular formula is C9H18N2O2. The van der Waals surface area contributed by atoms with Crippen molar-refractivity contribution in [1.82, 2.24) is 5.32 Å². The maximum atomic E-state index is 10.6. The van der Waals surface area contributed by atoms with Gasteiger partial charge in [0.25, 0.3) is 0 Å². The standard InChI is InChI=1S/C9H18N2O2/c1-13-8-5-3-2-4-7(8)11-6-9(10)12/h7-8,11H,2-6H2,1H3,(H2,10,12)/t7-,8-/m0/s1. The van der Waals surface area contributed by atoms with Crippen molar-refractivity contribution in [3.63, 3.8) is 0 Å². The van der Waals surface area contributed by atoms with Gasteiger partial charge in [0.1, 0.15) is 0 Å². The molecule has 0 aromatic carbocycles. The summed E-state index contributed by atoms with van der Waals surface area (Å²) in [5, 5.41) is 3.12. The van der Waals surface area contributed by atoms with Crippen LogP contribution in [0.5, 0.6) is 0 Å². The molecule has 0 unspecified atom stereocenters. The normalized spacial score (nSPS) is 28.7. The van der Waals surface area contributed by atoms with Crippen molar-refractivity contribution in [3.8, 4) is 0 Å². The molecule has 0 radical (unpaired) electrons. The highest BCUT2D eigenvalue weighted by atomic mass is 16.5. The van der Waals surface area contributed by atoms with E-state index >= 15 is 0 Å². The third-order valence-corrected chi connectivity index (χ3v) is 2.54. The second kappa shape index (κ2) is 5.19. The number of methoxy groups -OCH3 is 1. The fourth-order valence-electron chi connectivity index (χ4n) is 1.84. The van der Waals surface area contributed by atoms with Gasteiger partial charge in [0, 0.05) is 13.2 Å². The van der Waals surface area contributed by atoms with E-state index in [0.29, 0.717) is 6.04 Å². The molecule has 1 fully saturated rings. The lowest BCUT2D eigenvalue weighted by molar-refractivity contribution is -0.117. The number of primary amides is 1. The largest absolute Gasteiger partial charge is 0.380 e. The summed E-state index contributed by atoms with van der Waals surface area (Å²) in [5.41, 5.74) is 5.05. The number of carbonyl (C=O) groups is 1. The van der Waals surface area contributed by atoms with Crippen LogP contribution in [0.3, 0.4) is 0 Å². The Balaban J connectivity index is 2.31. The van der Waals surface area contributed by atoms with E-state index in [4.69, 9.17) is 10.5 Å². The smallest absolute Gasteiger partial charge is 0.231 e. The minimum absolute atomic E-state index is 0.244. The summed E-state index contributed by atoms with van der Waals surface area (Å²) in [6.45, 7) is 0.254. The highest BCUT2D eigenvalue weighted by Gasteiger charge is 2.24. The van der Waals surface area contributed by atoms with E-state index in [2.05, 4.69) is 5.32 Å². The van der Waals surface area contributed by atoms with Crippen LogP contribution in [0.2, 0.25) is 0 Å². The lowest BCUT2D eigenvalue weighted by Gasteiger charge is -2.30. The second-order valence-corrected chi connectivity index (χ2v) is 3.51. The van der Waals surface area contributed by atoms with E-state index in [1.165, 1.54) is 12.8 Å². The molecule has 13 heavy (non-hydrogen) atoms. The maximum Gasteiger partial charge on any atom is 0.231 e. The number of rotatable bonds is 4. The lowest BCUT2D eigenvalue weighted by Crippen LogP contribution is -2.46. The molecule has 4 nitrogen and oxygen atoms in total. The third kappa shape index (κ3) is 3.32. The van der Waals surface area contributed by atoms with E-state index in [-0.39, 0.29) is 18.6 Å². The number of amides is 1. The van der Waals surface area contributed by atoms with Crippen molar-refractivity contribution >= 4 is 5.91 Å². The maximum absolute atomic E-state index is 10.6. The van der Waals surface area contributed by atoms with Crippen LogP contribution in [0.1, 0.15) is 25.7 Å². The van der Waals surface area contributed by atoms with Crippen LogP contribution >= 0.6 is 0 Å². The van der Waals surface area contributed by atoms with Crippen molar-refractivity contribution in [2.45, 2.75) is 37.8 Å². The van der Waals surface area contributed by atoms with Crippen LogP contribution in [0.25, 0.3) is 0 Å². The number of ether oxygens (including phenoxy) is 1. The minimum atomic E-state index is -0.305. The Morgan fingerprint density at radius 2 is 2.23 bits per heavy atom. The van der Waals surface area contributed by atoms with E-state index in [1.807, 2.05) is 0 Å². The predicted molar refractivity (Wildman–Crippen MR) is 50.3 cm³/mol. The van der Waals surface area contributed by atoms with E-state index in [9.17, 15) is 4.79 Å². The summed E-state index contributed by atoms with van der Waals surface area (Å²) < 4.78 is 5.32. The summed E-state index contributed by atoms with van der Waals surface area (Å²) in [7, 11) is 1.72. The zero-order valence-electron chi connectivity index (χ0n) is 8.08. The Morgan fingerprint density at radius 1 is 1.54 bits per heavy atom. The first-order chi connectivity index (χ1) is 6.24. The molecule has 2 atom stereocenters. The van der Waals surface area contributed by atoms with Gasteiger partial charge in [0.15, 0.2) is 0 Å². The fourth-order valence-corrected chi connectivity index (χ4v) is 1.84. The molecule has 3 N–H and O–H groups in total. The van der Waals surface area contributed by atoms with Crippen molar-refractivity contribution in [3.05, 3.63) is 0 Å². The van der Waals surface area contributed by atoms with Gasteiger partial charge >= 0.3 is 0 Å². The first-order valence-corrected chi connectivity index (χ1v) is 4.78. The quantitative estimate of drug-likeness (QED) is 0.650. The van der Waals surface area contributed by atoms with E-state index < -0.39 is 0 Å². The van der Waals surface area contributed by atoms with Gasteiger partial charge < -0.3 is 15.8 Å². The van der Waals surface area contributed by atoms with Gasteiger partial charge in [-0.25, -0.2) is 0 Å². The molecule has 1 amide bonds. The molecule has 76 valence electrons. The van der Waals surface area contributed by atoms with Crippen molar-refractivity contribution in [1.29, 1.82) is 0 Å². The zero-order valence-corrected chi connectivity index (χ0v) is 8.08. The third-order valence-electron chi connectivity index (χ3n) is 2.54. The van der Waals surface area contributed by atoms with E-state index in [0.717, 1.165) is 12.8 Å². The van der Waals surface area contributed by atoms with Crippen LogP contribution < -0.4 is 11.1 Å². The lowest BCUT2D eigenvalue weighted by atomic mass is 9.92. The summed E-state index contributed by atoms with van der Waals surface area (Å²) >= 11 is 0. The molecule has 0 aliphatic heterocycles. The summed E-state index contributed by atoms with van der Waals surface area (Å²) in [4.78, 5) is 10.6. The molecule has 0 saturated heterocycles. The molecule has 1 saturated carbocycles. The van der Waals surface area contributed by atoms with Gasteiger partial charge in [-0.2, -0.15) is 0 Å². The molecule has 0 aromatic heterocycles. The topological polar surface area (TPSA) is 64.3 Å². The van der Waals surface area contributed by atoms with Crippen LogP contribution in [0.4, 0.5) is 0 Å². The summed E-state index contributed by atoms with van der Waals surface area (Å²) in [6.07, 6.45) is 4.82. The predicted octanol–water partition coefficient (Wildman–Crippen LogP) is 0.0189. The second-order valence-electron chi connectivity index (χ2n) is 3.51. The first kappa shape index (κ1) is 10.5. The SMILES string of the molecule is CO[C@H]1CCCC[C@@H]1NCC(N)=O. The van der Waals surface area contributed by atoms with Gasteiger partial charge in [0.2, 0.25) is 5.91 Å². The number of nitrogens with one attached hydrogen (secondary N) is 1. The Hall–Kier alpha value is -0.610. The zero-order chi connectivity index (χ0) is 9.68. The average molecular weight is 186 g/mol. The number of nitrogens with two attached hydrogens (primary N) is 1. The molecule has 1 aliphatic rings. The van der Waals surface area contributed by atoms with Crippen molar-refractivity contribution in [2.75, 3.05) is 13.7 Å². The molecule has 0 bridgehead atoms. The number of carbonyl (C=O) groups excluding carboxylic acids is 1. The Kier molecular flexibility index (Phi) is 4.18. The molecule has 0 aromatic rings. The molecular weight excluding hydrogens is 168 g/mol. The van der Waals surface area contributed by atoms with Gasteiger partial charge in [-0.15, -0.1) is 0 Å². The number of hydrogen-bond donors (Lipinski definition) is 2. The molecule has 1 aliphatic carbocycles. The molecule has 0 spiro atoms. The highest BCUT2D eigenvalue weighted by Crippen LogP contribution is 2.20. The first-order valence-electron chi connectivity index (χ1n) is 4.78. The van der Waals surface area contributed by atoms with Crippen LogP contribution in [-0.4, -0.2) is 31.7 Å². The molecule has 4 heteroatoms. The number of hydrogen-bond acceptors (Lipinski definition) is 3. The fraction of sp³-hybridized carbons (Fsp3) is 0.889. The van der Waals surface area contributed by atoms with Crippen molar-refractivity contribution < 1.29 is 9.53 Å². The van der Waals surface area contributed by atoms with Crippen LogP contribution in [0, 0.1) is 0 Å². The summed E-state index contributed by atoms with van der Waals surface area (Å²) in [5.74, 6) is -0.305. The Morgan fingerprint density at radius 3 is 2.85 bits per heavy atom. The molecule has 0 heterocycles. The Bertz CT molecular complexity index is 173. The average Bonchev–Trinajstić information content (AvgIpc) is 2.15. The minimum Gasteiger partial charge on any atom is -0.380 e. The highest BCUT2D eigenvalue weighted by molar-refractivity contribution is 5.75. The van der Waals surface area contributed by atoms with Gasteiger partial charge in [-0.3, -0.25) is 4.79 Å². The van der Waals surface area contributed by atoms with Gasteiger partial charge in [-0.05, 0) is 12.8 Å². The Labute approximate surface area is 78.8 Å². The van der Waals surface area contributed by atoms with E-state index in [1.54, 1.807) is 7.11 Å². The monoisotopic (exact) mass is 186 g/mol. The van der Waals surface area contributed by atoms with Crippen molar-refractivity contribution in [2.24, 2.45) is 5.73 Å². The van der Waals surface area contributed by atoms with Crippen LogP contribution in [0.15, 0.2) is 0 Å². The van der Waals surface area contributed by atoms with Gasteiger partial charge in [0.05, 0.1) is 12.6 Å². The van der Waals surface area contributed by atoms with Crippen LogP contribution in [-0.2, 0) is 9.53 Å². The summed E-state index contributed by atoms with van der Waals surface area (Å²) in [6, 6.07) is 0.297.